The van der Waals surface area contributed by atoms with Crippen LogP contribution in [0.1, 0.15) is 17.9 Å². The number of ether oxygens (including phenoxy) is 1. The van der Waals surface area contributed by atoms with E-state index in [1.165, 1.54) is 0 Å². The fourth-order valence-electron chi connectivity index (χ4n) is 2.12. The number of rotatable bonds is 6. The van der Waals surface area contributed by atoms with Crippen LogP contribution in [0.3, 0.4) is 0 Å². The zero-order valence-corrected chi connectivity index (χ0v) is 12.2. The molecule has 1 atom stereocenters. The van der Waals surface area contributed by atoms with Gasteiger partial charge in [0, 0.05) is 13.1 Å². The van der Waals surface area contributed by atoms with Crippen LogP contribution in [0.5, 0.6) is 5.75 Å². The Bertz CT molecular complexity index is 422. The summed E-state index contributed by atoms with van der Waals surface area (Å²) in [5, 5.41) is 3.40. The fourth-order valence-corrected chi connectivity index (χ4v) is 3.34. The minimum absolute atomic E-state index is 0.136. The van der Waals surface area contributed by atoms with Gasteiger partial charge in [-0.15, -0.1) is 11.8 Å². The highest BCUT2D eigenvalue weighted by Gasteiger charge is 2.32. The van der Waals surface area contributed by atoms with Crippen molar-refractivity contribution in [3.63, 3.8) is 0 Å². The summed E-state index contributed by atoms with van der Waals surface area (Å²) in [6.45, 7) is 4.61. The zero-order valence-electron chi connectivity index (χ0n) is 11.4. The van der Waals surface area contributed by atoms with Crippen LogP contribution >= 0.6 is 11.8 Å². The number of nitrogens with one attached hydrogen (secondary N) is 1. The standard InChI is InChI=1S/C14H20N2O2S/c1-3-15-8-9-16-13(17)10-19-14(16)11-4-6-12(18-2)7-5-11/h4-7,14-15H,3,8-10H2,1-2H3/t14-/m0/s1. The number of amides is 1. The highest BCUT2D eigenvalue weighted by atomic mass is 32.2. The van der Waals surface area contributed by atoms with Crippen molar-refractivity contribution >= 4 is 17.7 Å². The van der Waals surface area contributed by atoms with Gasteiger partial charge >= 0.3 is 0 Å². The number of benzene rings is 1. The lowest BCUT2D eigenvalue weighted by atomic mass is 10.2. The molecule has 1 aromatic carbocycles. The van der Waals surface area contributed by atoms with Crippen LogP contribution < -0.4 is 10.1 Å². The van der Waals surface area contributed by atoms with Gasteiger partial charge in [-0.25, -0.2) is 0 Å². The number of carbonyl (C=O) groups excluding carboxylic acids is 1. The van der Waals surface area contributed by atoms with Crippen molar-refractivity contribution in [2.75, 3.05) is 32.5 Å². The SMILES string of the molecule is CCNCCN1C(=O)CS[C@H]1c1ccc(OC)cc1. The van der Waals surface area contributed by atoms with Gasteiger partial charge < -0.3 is 15.0 Å². The van der Waals surface area contributed by atoms with E-state index in [0.717, 1.165) is 30.9 Å². The number of hydrogen-bond donors (Lipinski definition) is 1. The number of nitrogens with zero attached hydrogens (tertiary/aromatic N) is 1. The van der Waals surface area contributed by atoms with Gasteiger partial charge in [0.25, 0.3) is 0 Å². The maximum absolute atomic E-state index is 11.9. The quantitative estimate of drug-likeness (QED) is 0.808. The Balaban J connectivity index is 2.05. The van der Waals surface area contributed by atoms with E-state index >= 15 is 0 Å². The first-order valence-electron chi connectivity index (χ1n) is 6.52. The van der Waals surface area contributed by atoms with Crippen molar-refractivity contribution in [2.45, 2.75) is 12.3 Å². The summed E-state index contributed by atoms with van der Waals surface area (Å²) < 4.78 is 5.16. The summed E-state index contributed by atoms with van der Waals surface area (Å²) in [7, 11) is 1.66. The van der Waals surface area contributed by atoms with E-state index in [1.54, 1.807) is 18.9 Å². The van der Waals surface area contributed by atoms with Crippen molar-refractivity contribution in [2.24, 2.45) is 0 Å². The minimum Gasteiger partial charge on any atom is -0.497 e. The van der Waals surface area contributed by atoms with E-state index in [1.807, 2.05) is 29.2 Å². The third kappa shape index (κ3) is 3.42. The van der Waals surface area contributed by atoms with Crippen LogP contribution in [0, 0.1) is 0 Å². The largest absolute Gasteiger partial charge is 0.497 e. The molecule has 1 N–H and O–H groups in total. The van der Waals surface area contributed by atoms with Crippen LogP contribution in [-0.4, -0.2) is 43.3 Å². The molecule has 1 aliphatic rings. The van der Waals surface area contributed by atoms with E-state index in [0.29, 0.717) is 5.75 Å². The second-order valence-electron chi connectivity index (χ2n) is 4.38. The van der Waals surface area contributed by atoms with Crippen molar-refractivity contribution in [3.8, 4) is 5.75 Å². The molecule has 1 amide bonds. The Labute approximate surface area is 118 Å². The normalized spacial score (nSPS) is 18.9. The molecule has 0 bridgehead atoms. The van der Waals surface area contributed by atoms with Gasteiger partial charge in [0.05, 0.1) is 12.9 Å². The van der Waals surface area contributed by atoms with E-state index in [2.05, 4.69) is 12.2 Å². The van der Waals surface area contributed by atoms with Crippen LogP contribution in [0.4, 0.5) is 0 Å². The Morgan fingerprint density at radius 3 is 2.79 bits per heavy atom. The average Bonchev–Trinajstić information content (AvgIpc) is 2.81. The molecule has 1 fully saturated rings. The van der Waals surface area contributed by atoms with Crippen molar-refractivity contribution in [1.82, 2.24) is 10.2 Å². The molecule has 0 aliphatic carbocycles. The van der Waals surface area contributed by atoms with Gasteiger partial charge in [0.2, 0.25) is 5.91 Å². The summed E-state index contributed by atoms with van der Waals surface area (Å²) in [5.41, 5.74) is 1.16. The Morgan fingerprint density at radius 2 is 2.16 bits per heavy atom. The van der Waals surface area contributed by atoms with E-state index in [4.69, 9.17) is 4.74 Å². The lowest BCUT2D eigenvalue weighted by Crippen LogP contribution is -2.34. The first kappa shape index (κ1) is 14.2. The second-order valence-corrected chi connectivity index (χ2v) is 5.45. The van der Waals surface area contributed by atoms with Crippen LogP contribution in [-0.2, 0) is 4.79 Å². The molecule has 104 valence electrons. The number of carbonyl (C=O) groups is 1. The summed E-state index contributed by atoms with van der Waals surface area (Å²) in [5.74, 6) is 1.64. The van der Waals surface area contributed by atoms with Crippen LogP contribution in [0.15, 0.2) is 24.3 Å². The predicted octanol–water partition coefficient (Wildman–Crippen LogP) is 1.88. The highest BCUT2D eigenvalue weighted by molar-refractivity contribution is 8.00. The monoisotopic (exact) mass is 280 g/mol. The molecule has 4 nitrogen and oxygen atoms in total. The van der Waals surface area contributed by atoms with Gasteiger partial charge in [0.15, 0.2) is 0 Å². The summed E-state index contributed by atoms with van der Waals surface area (Å²) in [4.78, 5) is 13.9. The minimum atomic E-state index is 0.136. The van der Waals surface area contributed by atoms with Gasteiger partial charge in [-0.2, -0.15) is 0 Å². The van der Waals surface area contributed by atoms with Gasteiger partial charge in [-0.1, -0.05) is 19.1 Å². The predicted molar refractivity (Wildman–Crippen MR) is 78.4 cm³/mol. The molecule has 0 saturated carbocycles. The molecule has 2 rings (SSSR count). The molecular formula is C14H20N2O2S. The fraction of sp³-hybridized carbons (Fsp3) is 0.500. The number of methoxy groups -OCH3 is 1. The van der Waals surface area contributed by atoms with E-state index in [-0.39, 0.29) is 11.3 Å². The molecule has 19 heavy (non-hydrogen) atoms. The van der Waals surface area contributed by atoms with Crippen molar-refractivity contribution in [1.29, 1.82) is 0 Å². The van der Waals surface area contributed by atoms with Crippen molar-refractivity contribution < 1.29 is 9.53 Å². The van der Waals surface area contributed by atoms with E-state index < -0.39 is 0 Å². The molecule has 1 heterocycles. The number of hydrogen-bond acceptors (Lipinski definition) is 4. The first-order valence-corrected chi connectivity index (χ1v) is 7.57. The highest BCUT2D eigenvalue weighted by Crippen LogP contribution is 2.38. The molecule has 0 spiro atoms. The van der Waals surface area contributed by atoms with E-state index in [9.17, 15) is 4.79 Å². The van der Waals surface area contributed by atoms with Gasteiger partial charge in [-0.3, -0.25) is 4.79 Å². The van der Waals surface area contributed by atoms with Crippen molar-refractivity contribution in [3.05, 3.63) is 29.8 Å². The lowest BCUT2D eigenvalue weighted by Gasteiger charge is -2.24. The summed E-state index contributed by atoms with van der Waals surface area (Å²) in [6.07, 6.45) is 0. The maximum Gasteiger partial charge on any atom is 0.233 e. The van der Waals surface area contributed by atoms with Crippen LogP contribution in [0.25, 0.3) is 0 Å². The molecule has 1 aliphatic heterocycles. The Morgan fingerprint density at radius 1 is 1.42 bits per heavy atom. The first-order chi connectivity index (χ1) is 9.26. The molecular weight excluding hydrogens is 260 g/mol. The Hall–Kier alpha value is -1.20. The van der Waals surface area contributed by atoms with Gasteiger partial charge in [-0.05, 0) is 24.2 Å². The zero-order chi connectivity index (χ0) is 13.7. The number of likely N-dealkylation sites (N-methyl/N-ethyl adjacent to an activating group) is 1. The molecule has 0 radical (unpaired) electrons. The molecule has 0 aromatic heterocycles. The maximum atomic E-state index is 11.9. The average molecular weight is 280 g/mol. The summed E-state index contributed by atoms with van der Waals surface area (Å²) >= 11 is 1.69. The molecule has 0 unspecified atom stereocenters. The number of thioether (sulfide) groups is 1. The molecule has 1 saturated heterocycles. The molecule has 1 aromatic rings. The van der Waals surface area contributed by atoms with Crippen LogP contribution in [0.2, 0.25) is 0 Å². The second kappa shape index (κ2) is 6.82. The molecule has 5 heteroatoms. The summed E-state index contributed by atoms with van der Waals surface area (Å²) in [6, 6.07) is 7.97. The third-order valence-electron chi connectivity index (χ3n) is 3.15. The van der Waals surface area contributed by atoms with Gasteiger partial charge in [0.1, 0.15) is 11.1 Å². The Kier molecular flexibility index (Phi) is 5.10. The lowest BCUT2D eigenvalue weighted by molar-refractivity contribution is -0.128. The third-order valence-corrected chi connectivity index (χ3v) is 4.40. The topological polar surface area (TPSA) is 41.6 Å². The smallest absolute Gasteiger partial charge is 0.233 e.